The largest absolute Gasteiger partial charge is 0.506 e. The Morgan fingerprint density at radius 3 is 1.48 bits per heavy atom. The Morgan fingerprint density at radius 1 is 0.675 bits per heavy atom. The molecular weight excluding hydrogens is 520 g/mol. The Labute approximate surface area is 224 Å². The highest BCUT2D eigenvalue weighted by molar-refractivity contribution is 6.07. The van der Waals surface area contributed by atoms with Crippen LogP contribution in [-0.4, -0.2) is 22.4 Å². The van der Waals surface area contributed by atoms with Crippen molar-refractivity contribution in [3.63, 3.8) is 0 Å². The van der Waals surface area contributed by atoms with Crippen LogP contribution in [-0.2, 0) is 0 Å². The number of hydrogen-bond donors (Lipinski definition) is 2. The van der Waals surface area contributed by atoms with Gasteiger partial charge in [0.25, 0.3) is 0 Å². The van der Waals surface area contributed by atoms with Crippen molar-refractivity contribution in [3.05, 3.63) is 68.8 Å². The zero-order valence-electron chi connectivity index (χ0n) is 21.6. The minimum Gasteiger partial charge on any atom is -0.506 e. The minimum absolute atomic E-state index is 0.0463. The lowest BCUT2D eigenvalue weighted by Gasteiger charge is -2.29. The van der Waals surface area contributed by atoms with E-state index in [9.17, 15) is 19.8 Å². The molecule has 1 saturated carbocycles. The average molecular weight is 545 g/mol. The summed E-state index contributed by atoms with van der Waals surface area (Å²) in [5.41, 5.74) is 0.160. The number of ether oxygens (including phenoxy) is 2. The van der Waals surface area contributed by atoms with Gasteiger partial charge in [-0.2, -0.15) is 0 Å². The number of furan rings is 2. The molecule has 0 radical (unpaired) electrons. The molecule has 0 spiro atoms. The van der Waals surface area contributed by atoms with E-state index in [1.165, 1.54) is 24.7 Å². The molecule has 4 aromatic heterocycles. The van der Waals surface area contributed by atoms with Crippen molar-refractivity contribution in [2.45, 2.75) is 51.7 Å². The summed E-state index contributed by atoms with van der Waals surface area (Å²) < 4.78 is 35.7. The number of rotatable bonds is 4. The van der Waals surface area contributed by atoms with E-state index in [-0.39, 0.29) is 68.0 Å². The molecule has 0 unspecified atom stereocenters. The summed E-state index contributed by atoms with van der Waals surface area (Å²) in [5, 5.41) is 22.3. The second kappa shape index (κ2) is 8.84. The van der Waals surface area contributed by atoms with Crippen LogP contribution >= 0.6 is 0 Å². The lowest BCUT2D eigenvalue weighted by Crippen LogP contribution is -2.30. The highest BCUT2D eigenvalue weighted by Gasteiger charge is 2.30. The predicted molar refractivity (Wildman–Crippen MR) is 145 cm³/mol. The van der Waals surface area contributed by atoms with Gasteiger partial charge in [-0.15, -0.1) is 0 Å². The monoisotopic (exact) mass is 544 g/mol. The van der Waals surface area contributed by atoms with E-state index in [0.717, 1.165) is 0 Å². The molecule has 2 aromatic carbocycles. The SMILES string of the molecule is Cc1cc(=O)c2c(O)c3ccoc3c(OC3CCC(Oc4c5occc5c(O)c5c(=O)cc(C)oc45)CC3)c2o1. The van der Waals surface area contributed by atoms with Gasteiger partial charge < -0.3 is 37.4 Å². The Hall–Kier alpha value is -4.86. The molecule has 40 heavy (non-hydrogen) atoms. The lowest BCUT2D eigenvalue weighted by molar-refractivity contribution is 0.0816. The average Bonchev–Trinajstić information content (AvgIpc) is 3.60. The first-order valence-corrected chi connectivity index (χ1v) is 13.0. The quantitative estimate of drug-likeness (QED) is 0.263. The third kappa shape index (κ3) is 3.63. The molecule has 1 aliphatic rings. The second-order valence-electron chi connectivity index (χ2n) is 10.2. The van der Waals surface area contributed by atoms with Gasteiger partial charge in [0.15, 0.2) is 33.2 Å². The lowest BCUT2D eigenvalue weighted by atomic mass is 9.94. The van der Waals surface area contributed by atoms with Crippen molar-refractivity contribution in [3.8, 4) is 23.0 Å². The standard InChI is InChI=1S/C30H24O10/c1-13-11-19(31)21-23(33)17-7-9-35-25(17)29(27(21)37-13)39-15-3-5-16(6-4-15)40-30-26-18(8-10-36-26)24(34)22-20(32)12-14(2)38-28(22)30/h7-12,15-16,33-34H,3-6H2,1-2H3. The fourth-order valence-electron chi connectivity index (χ4n) is 5.62. The third-order valence-corrected chi connectivity index (χ3v) is 7.47. The van der Waals surface area contributed by atoms with Gasteiger partial charge in [-0.25, -0.2) is 0 Å². The van der Waals surface area contributed by atoms with Gasteiger partial charge >= 0.3 is 0 Å². The summed E-state index contributed by atoms with van der Waals surface area (Å²) in [6.07, 6.45) is 4.78. The Kier molecular flexibility index (Phi) is 5.35. The van der Waals surface area contributed by atoms with Crippen LogP contribution in [0.1, 0.15) is 37.2 Å². The van der Waals surface area contributed by atoms with Crippen LogP contribution < -0.4 is 20.3 Å². The van der Waals surface area contributed by atoms with Crippen molar-refractivity contribution in [1.82, 2.24) is 0 Å². The summed E-state index contributed by atoms with van der Waals surface area (Å²) in [4.78, 5) is 25.4. The molecule has 1 aliphatic carbocycles. The molecule has 2 N–H and O–H groups in total. The third-order valence-electron chi connectivity index (χ3n) is 7.47. The van der Waals surface area contributed by atoms with Crippen molar-refractivity contribution in [2.24, 2.45) is 0 Å². The van der Waals surface area contributed by atoms with Gasteiger partial charge in [-0.1, -0.05) is 0 Å². The van der Waals surface area contributed by atoms with E-state index in [1.54, 1.807) is 26.0 Å². The molecule has 4 heterocycles. The minimum atomic E-state index is -0.367. The summed E-state index contributed by atoms with van der Waals surface area (Å²) in [6.45, 7) is 3.31. The topological polar surface area (TPSA) is 146 Å². The summed E-state index contributed by atoms with van der Waals surface area (Å²) in [6, 6.07) is 5.82. The van der Waals surface area contributed by atoms with Crippen molar-refractivity contribution < 1.29 is 37.4 Å². The second-order valence-corrected chi connectivity index (χ2v) is 10.2. The van der Waals surface area contributed by atoms with Gasteiger partial charge in [0.05, 0.1) is 35.5 Å². The van der Waals surface area contributed by atoms with E-state index < -0.39 is 0 Å². The number of phenolic OH excluding ortho intramolecular Hbond substituents is 2. The number of phenols is 2. The Balaban J connectivity index is 1.19. The van der Waals surface area contributed by atoms with Crippen LogP contribution in [0.15, 0.2) is 64.0 Å². The molecule has 10 heteroatoms. The van der Waals surface area contributed by atoms with E-state index in [4.69, 9.17) is 27.1 Å². The normalized spacial score (nSPS) is 17.8. The molecule has 0 aliphatic heterocycles. The first kappa shape index (κ1) is 24.2. The van der Waals surface area contributed by atoms with Crippen molar-refractivity contribution in [1.29, 1.82) is 0 Å². The molecule has 1 fully saturated rings. The van der Waals surface area contributed by atoms with Gasteiger partial charge in [0.1, 0.15) is 33.8 Å². The fraction of sp³-hybridized carbons (Fsp3) is 0.267. The first-order chi connectivity index (χ1) is 19.3. The zero-order valence-corrected chi connectivity index (χ0v) is 21.6. The summed E-state index contributed by atoms with van der Waals surface area (Å²) in [5.74, 6) is 0.913. The maximum Gasteiger partial charge on any atom is 0.206 e. The maximum atomic E-state index is 12.7. The van der Waals surface area contributed by atoms with Crippen LogP contribution in [0.5, 0.6) is 23.0 Å². The number of aryl methyl sites for hydroxylation is 2. The summed E-state index contributed by atoms with van der Waals surface area (Å²) >= 11 is 0. The number of benzene rings is 2. The smallest absolute Gasteiger partial charge is 0.206 e. The highest BCUT2D eigenvalue weighted by Crippen LogP contribution is 2.45. The van der Waals surface area contributed by atoms with Crippen LogP contribution in [0.3, 0.4) is 0 Å². The Morgan fingerprint density at radius 2 is 1.07 bits per heavy atom. The molecule has 7 rings (SSSR count). The van der Waals surface area contributed by atoms with Crippen molar-refractivity contribution in [2.75, 3.05) is 0 Å². The molecule has 0 saturated heterocycles. The molecule has 0 amide bonds. The maximum absolute atomic E-state index is 12.7. The van der Waals surface area contributed by atoms with Crippen LogP contribution in [0.4, 0.5) is 0 Å². The van der Waals surface area contributed by atoms with E-state index in [0.29, 0.717) is 59.1 Å². The van der Waals surface area contributed by atoms with E-state index in [1.807, 2.05) is 0 Å². The first-order valence-electron chi connectivity index (χ1n) is 13.0. The molecule has 6 aromatic rings. The van der Waals surface area contributed by atoms with Gasteiger partial charge in [0.2, 0.25) is 11.5 Å². The van der Waals surface area contributed by atoms with E-state index in [2.05, 4.69) is 0 Å². The van der Waals surface area contributed by atoms with Gasteiger partial charge in [-0.3, -0.25) is 9.59 Å². The molecular formula is C30H24O10. The molecule has 0 atom stereocenters. The van der Waals surface area contributed by atoms with Gasteiger partial charge in [-0.05, 0) is 51.7 Å². The van der Waals surface area contributed by atoms with Crippen LogP contribution in [0.2, 0.25) is 0 Å². The number of fused-ring (bicyclic) bond motifs is 4. The summed E-state index contributed by atoms with van der Waals surface area (Å²) in [7, 11) is 0. The van der Waals surface area contributed by atoms with Crippen LogP contribution in [0, 0.1) is 13.8 Å². The highest BCUT2D eigenvalue weighted by atomic mass is 16.5. The van der Waals surface area contributed by atoms with E-state index >= 15 is 0 Å². The fourth-order valence-corrected chi connectivity index (χ4v) is 5.62. The predicted octanol–water partition coefficient (Wildman–Crippen LogP) is 6.19. The number of aromatic hydroxyl groups is 2. The Bertz CT molecular complexity index is 1910. The van der Waals surface area contributed by atoms with Crippen molar-refractivity contribution >= 4 is 43.9 Å². The molecule has 10 nitrogen and oxygen atoms in total. The number of hydrogen-bond acceptors (Lipinski definition) is 10. The molecule has 204 valence electrons. The molecule has 0 bridgehead atoms. The van der Waals surface area contributed by atoms with Gasteiger partial charge in [0, 0.05) is 12.1 Å². The van der Waals surface area contributed by atoms with Crippen LogP contribution in [0.25, 0.3) is 43.9 Å². The zero-order chi connectivity index (χ0) is 27.7.